The summed E-state index contributed by atoms with van der Waals surface area (Å²) in [6.07, 6.45) is 57.7. The van der Waals surface area contributed by atoms with Gasteiger partial charge in [-0.25, -0.2) is 4.57 Å². The van der Waals surface area contributed by atoms with Crippen LogP contribution in [0.1, 0.15) is 310 Å². The van der Waals surface area contributed by atoms with E-state index in [4.69, 9.17) is 13.8 Å². The fraction of sp³-hybridized carbons (Fsp3) is 0.933. The first-order chi connectivity index (χ1) is 33.9. The highest BCUT2D eigenvalue weighted by molar-refractivity contribution is 7.47. The summed E-state index contributed by atoms with van der Waals surface area (Å²) >= 11 is 0. The highest BCUT2D eigenvalue weighted by Crippen LogP contribution is 2.43. The molecule has 0 aromatic carbocycles. The summed E-state index contributed by atoms with van der Waals surface area (Å²) in [4.78, 5) is 37.6. The number of carbonyl (C=O) groups excluding carboxylic acids is 2. The molecule has 0 radical (unpaired) electrons. The van der Waals surface area contributed by atoms with E-state index in [0.717, 1.165) is 57.8 Å². The van der Waals surface area contributed by atoms with E-state index in [1.54, 1.807) is 0 Å². The summed E-state index contributed by atoms with van der Waals surface area (Å²) in [5.74, 6) is -0.485. The van der Waals surface area contributed by atoms with Crippen molar-refractivity contribution in [3.05, 3.63) is 12.2 Å². The normalized spacial score (nSPS) is 13.8. The van der Waals surface area contributed by atoms with Crippen LogP contribution in [0.4, 0.5) is 0 Å². The van der Waals surface area contributed by atoms with Crippen molar-refractivity contribution < 1.29 is 37.3 Å². The number of quaternary nitrogens is 1. The molecular weight excluding hydrogens is 892 g/mol. The van der Waals surface area contributed by atoms with Gasteiger partial charge in [-0.1, -0.05) is 277 Å². The zero-order chi connectivity index (χ0) is 51.5. The van der Waals surface area contributed by atoms with E-state index < -0.39 is 20.0 Å². The molecule has 0 aromatic heterocycles. The molecule has 0 rings (SSSR count). The number of esters is 1. The van der Waals surface area contributed by atoms with Crippen LogP contribution in [0, 0.1) is 0 Å². The molecule has 0 heterocycles. The lowest BCUT2D eigenvalue weighted by atomic mass is 10.0. The number of hydrogen-bond donors (Lipinski definition) is 2. The molecule has 0 aliphatic carbocycles. The maximum Gasteiger partial charge on any atom is 0.472 e. The van der Waals surface area contributed by atoms with E-state index >= 15 is 0 Å². The molecule has 0 spiro atoms. The lowest BCUT2D eigenvalue weighted by Crippen LogP contribution is -2.47. The average molecular weight is 1010 g/mol. The maximum absolute atomic E-state index is 13.5. The molecule has 3 atom stereocenters. The molecule has 10 heteroatoms. The van der Waals surface area contributed by atoms with E-state index in [1.807, 2.05) is 33.3 Å². The number of allylic oxidation sites excluding steroid dienone is 1. The van der Waals surface area contributed by atoms with Crippen molar-refractivity contribution in [2.24, 2.45) is 0 Å². The number of ether oxygens (including phenoxy) is 1. The third kappa shape index (κ3) is 51.6. The van der Waals surface area contributed by atoms with Gasteiger partial charge in [0.15, 0.2) is 0 Å². The van der Waals surface area contributed by atoms with Crippen LogP contribution in [0.2, 0.25) is 0 Å². The standard InChI is InChI=1S/C60H119N2O7P/c1-7-10-13-16-19-22-25-27-29-31-33-35-38-41-44-47-50-53-60(64)69-58(51-48-45-42-39-36-24-21-18-15-12-9-3)57(56-68-70(65,66)67-55-54-62(4,5)6)61-59(63)52-49-46-43-40-37-34-32-30-28-26-23-20-17-14-11-8-2/h48,51,57-58H,7-47,49-50,52-56H2,1-6H3,(H-,61,63,65,66)/p+1/b51-48+. The minimum atomic E-state index is -4.44. The molecule has 70 heavy (non-hydrogen) atoms. The Bertz CT molecular complexity index is 1210. The molecular formula is C60H120N2O7P+. The van der Waals surface area contributed by atoms with Crippen molar-refractivity contribution in [1.82, 2.24) is 5.32 Å². The van der Waals surface area contributed by atoms with Gasteiger partial charge in [0.25, 0.3) is 0 Å². The molecule has 0 saturated heterocycles. The number of phosphoric acid groups is 1. The van der Waals surface area contributed by atoms with Crippen LogP contribution < -0.4 is 5.32 Å². The van der Waals surface area contributed by atoms with Crippen LogP contribution in [0.15, 0.2) is 12.2 Å². The van der Waals surface area contributed by atoms with Crippen molar-refractivity contribution in [3.63, 3.8) is 0 Å². The van der Waals surface area contributed by atoms with Gasteiger partial charge in [0.05, 0.1) is 33.8 Å². The molecule has 1 amide bonds. The van der Waals surface area contributed by atoms with Gasteiger partial charge in [-0.05, 0) is 31.8 Å². The van der Waals surface area contributed by atoms with E-state index in [9.17, 15) is 19.0 Å². The Labute approximate surface area is 435 Å². The number of amides is 1. The average Bonchev–Trinajstić information content (AvgIpc) is 3.32. The summed E-state index contributed by atoms with van der Waals surface area (Å²) in [7, 11) is 1.52. The van der Waals surface area contributed by atoms with Gasteiger partial charge in [0, 0.05) is 12.8 Å². The summed E-state index contributed by atoms with van der Waals surface area (Å²) in [6.45, 7) is 7.06. The van der Waals surface area contributed by atoms with Gasteiger partial charge in [0.1, 0.15) is 19.3 Å². The van der Waals surface area contributed by atoms with Crippen molar-refractivity contribution in [2.45, 2.75) is 322 Å². The second-order valence-corrected chi connectivity index (χ2v) is 23.7. The van der Waals surface area contributed by atoms with Crippen LogP contribution in [-0.4, -0.2) is 74.3 Å². The lowest BCUT2D eigenvalue weighted by molar-refractivity contribution is -0.870. The number of carbonyl (C=O) groups is 2. The minimum Gasteiger partial charge on any atom is -0.456 e. The molecule has 0 bridgehead atoms. The predicted octanol–water partition coefficient (Wildman–Crippen LogP) is 18.4. The highest BCUT2D eigenvalue weighted by atomic mass is 31.2. The van der Waals surface area contributed by atoms with Crippen LogP contribution in [0.25, 0.3) is 0 Å². The zero-order valence-corrected chi connectivity index (χ0v) is 48.4. The van der Waals surface area contributed by atoms with Crippen molar-refractivity contribution >= 4 is 19.7 Å². The van der Waals surface area contributed by atoms with E-state index in [2.05, 4.69) is 26.1 Å². The van der Waals surface area contributed by atoms with E-state index in [-0.39, 0.29) is 25.1 Å². The quantitative estimate of drug-likeness (QED) is 0.0205. The summed E-state index contributed by atoms with van der Waals surface area (Å²) < 4.78 is 30.7. The largest absolute Gasteiger partial charge is 0.472 e. The summed E-state index contributed by atoms with van der Waals surface area (Å²) in [6, 6.07) is -0.838. The topological polar surface area (TPSA) is 111 Å². The molecule has 0 aliphatic rings. The van der Waals surface area contributed by atoms with Crippen LogP contribution in [0.3, 0.4) is 0 Å². The lowest BCUT2D eigenvalue weighted by Gasteiger charge is -2.27. The molecule has 2 N–H and O–H groups in total. The number of likely N-dealkylation sites (N-methyl/N-ethyl adjacent to an activating group) is 1. The Hall–Kier alpha value is -1.25. The van der Waals surface area contributed by atoms with Crippen LogP contribution in [0.5, 0.6) is 0 Å². The Kier molecular flexibility index (Phi) is 50.3. The van der Waals surface area contributed by atoms with Gasteiger partial charge >= 0.3 is 13.8 Å². The Balaban J connectivity index is 5.21. The Morgan fingerprint density at radius 2 is 0.814 bits per heavy atom. The highest BCUT2D eigenvalue weighted by Gasteiger charge is 2.30. The SMILES string of the molecule is CCCCCCCCCCC/C=C/C(OC(=O)CCCCCCCCCCCCCCCCCCC)C(COP(=O)(O)OCC[N+](C)(C)C)NC(=O)CCCCCCCCCCCCCCCCCC. The van der Waals surface area contributed by atoms with E-state index in [1.165, 1.54) is 218 Å². The fourth-order valence-electron chi connectivity index (χ4n) is 9.24. The first-order valence-corrected chi connectivity index (χ1v) is 32.0. The molecule has 9 nitrogen and oxygen atoms in total. The molecule has 0 aromatic rings. The van der Waals surface area contributed by atoms with Crippen molar-refractivity contribution in [1.29, 1.82) is 0 Å². The van der Waals surface area contributed by atoms with Crippen molar-refractivity contribution in [3.8, 4) is 0 Å². The van der Waals surface area contributed by atoms with Crippen molar-refractivity contribution in [2.75, 3.05) is 40.9 Å². The van der Waals surface area contributed by atoms with Gasteiger partial charge in [-0.2, -0.15) is 0 Å². The molecule has 0 aliphatic heterocycles. The first-order valence-electron chi connectivity index (χ1n) is 30.5. The smallest absolute Gasteiger partial charge is 0.456 e. The minimum absolute atomic E-state index is 0.0456. The fourth-order valence-corrected chi connectivity index (χ4v) is 9.97. The zero-order valence-electron chi connectivity index (χ0n) is 47.5. The second-order valence-electron chi connectivity index (χ2n) is 22.2. The number of unbranched alkanes of at least 4 members (excludes halogenated alkanes) is 40. The molecule has 0 saturated carbocycles. The van der Waals surface area contributed by atoms with Crippen LogP contribution in [-0.2, 0) is 27.9 Å². The second kappa shape index (κ2) is 51.2. The summed E-state index contributed by atoms with van der Waals surface area (Å²) in [5.41, 5.74) is 0. The predicted molar refractivity (Wildman–Crippen MR) is 300 cm³/mol. The first kappa shape index (κ1) is 68.8. The Morgan fingerprint density at radius 3 is 1.17 bits per heavy atom. The third-order valence-corrected chi connectivity index (χ3v) is 15.0. The third-order valence-electron chi connectivity index (χ3n) is 14.0. The number of phosphoric ester groups is 1. The van der Waals surface area contributed by atoms with E-state index in [0.29, 0.717) is 23.9 Å². The molecule has 0 fully saturated rings. The maximum atomic E-state index is 13.5. The number of hydrogen-bond acceptors (Lipinski definition) is 6. The number of nitrogens with one attached hydrogen (secondary N) is 1. The monoisotopic (exact) mass is 1010 g/mol. The van der Waals surface area contributed by atoms with Gasteiger partial charge in [-0.3, -0.25) is 18.6 Å². The summed E-state index contributed by atoms with van der Waals surface area (Å²) in [5, 5.41) is 3.06. The number of rotatable bonds is 56. The van der Waals surface area contributed by atoms with Gasteiger partial charge in [-0.15, -0.1) is 0 Å². The number of nitrogens with zero attached hydrogens (tertiary/aromatic N) is 1. The molecule has 416 valence electrons. The van der Waals surface area contributed by atoms with Gasteiger partial charge < -0.3 is 19.4 Å². The Morgan fingerprint density at radius 1 is 0.486 bits per heavy atom. The molecule has 3 unspecified atom stereocenters. The van der Waals surface area contributed by atoms with Gasteiger partial charge in [0.2, 0.25) is 5.91 Å². The van der Waals surface area contributed by atoms with Crippen LogP contribution >= 0.6 is 7.82 Å².